The Kier molecular flexibility index (Phi) is 3.53. The van der Waals surface area contributed by atoms with Gasteiger partial charge in [0.05, 0.1) is 7.11 Å². The van der Waals surface area contributed by atoms with Gasteiger partial charge in [0.25, 0.3) is 0 Å². The number of methoxy groups -OCH3 is 1. The molecule has 0 bridgehead atoms. The molecule has 0 heterocycles. The van der Waals surface area contributed by atoms with E-state index < -0.39 is 5.60 Å². The third kappa shape index (κ3) is 2.26. The molecule has 0 aliphatic rings. The van der Waals surface area contributed by atoms with Crippen LogP contribution < -0.4 is 10.5 Å². The maximum Gasteiger partial charge on any atom is 0.119 e. The van der Waals surface area contributed by atoms with Crippen molar-refractivity contribution in [3.8, 4) is 5.75 Å². The minimum atomic E-state index is -1.03. The second-order valence-electron chi connectivity index (χ2n) is 3.32. The van der Waals surface area contributed by atoms with Crippen LogP contribution in [-0.4, -0.2) is 18.8 Å². The molecule has 0 saturated carbocycles. The molecule has 0 saturated heterocycles. The van der Waals surface area contributed by atoms with Crippen molar-refractivity contribution in [1.29, 1.82) is 0 Å². The lowest BCUT2D eigenvalue weighted by Gasteiger charge is -2.23. The summed E-state index contributed by atoms with van der Waals surface area (Å²) in [5.41, 5.74) is 5.19. The summed E-state index contributed by atoms with van der Waals surface area (Å²) in [5.74, 6) is 0.705. The van der Waals surface area contributed by atoms with Gasteiger partial charge in [-0.15, -0.1) is 0 Å². The summed E-state index contributed by atoms with van der Waals surface area (Å²) in [6.07, 6.45) is 0. The third-order valence-electron chi connectivity index (χ3n) is 2.15. The van der Waals surface area contributed by atoms with Gasteiger partial charge in [0.2, 0.25) is 0 Å². The van der Waals surface area contributed by atoms with E-state index in [1.807, 2.05) is 12.1 Å². The fraction of sp³-hybridized carbons (Fsp3) is 0.400. The molecule has 0 fully saturated rings. The van der Waals surface area contributed by atoms with Crippen LogP contribution in [0.1, 0.15) is 12.5 Å². The van der Waals surface area contributed by atoms with Crippen molar-refractivity contribution < 1.29 is 9.84 Å². The molecule has 0 spiro atoms. The van der Waals surface area contributed by atoms with Gasteiger partial charge in [-0.05, 0) is 25.1 Å². The molecule has 0 aliphatic heterocycles. The van der Waals surface area contributed by atoms with E-state index in [9.17, 15) is 5.11 Å². The van der Waals surface area contributed by atoms with E-state index in [1.54, 1.807) is 20.1 Å². The van der Waals surface area contributed by atoms with Crippen LogP contribution in [0.25, 0.3) is 0 Å². The lowest BCUT2D eigenvalue weighted by molar-refractivity contribution is 0.0658. The Hall–Kier alpha value is -0.580. The summed E-state index contributed by atoms with van der Waals surface area (Å²) in [4.78, 5) is 0. The number of hydrogen-bond acceptors (Lipinski definition) is 3. The first kappa shape index (κ1) is 11.5. The van der Waals surface area contributed by atoms with Gasteiger partial charge in [0.15, 0.2) is 0 Å². The van der Waals surface area contributed by atoms with Crippen molar-refractivity contribution in [2.24, 2.45) is 5.73 Å². The molecule has 1 aromatic rings. The molecule has 3 N–H and O–H groups in total. The number of ether oxygens (including phenoxy) is 1. The number of benzene rings is 1. The Bertz CT molecular complexity index is 326. The second-order valence-corrected chi connectivity index (χ2v) is 4.18. The number of aliphatic hydroxyl groups is 1. The fourth-order valence-corrected chi connectivity index (χ4v) is 1.83. The highest BCUT2D eigenvalue weighted by Crippen LogP contribution is 2.30. The van der Waals surface area contributed by atoms with E-state index >= 15 is 0 Å². The Morgan fingerprint density at radius 3 is 2.71 bits per heavy atom. The van der Waals surface area contributed by atoms with Gasteiger partial charge < -0.3 is 15.6 Å². The van der Waals surface area contributed by atoms with Crippen LogP contribution in [-0.2, 0) is 5.60 Å². The van der Waals surface area contributed by atoms with Crippen molar-refractivity contribution in [2.75, 3.05) is 13.7 Å². The molecule has 3 nitrogen and oxygen atoms in total. The van der Waals surface area contributed by atoms with Crippen molar-refractivity contribution in [3.05, 3.63) is 28.2 Å². The molecule has 14 heavy (non-hydrogen) atoms. The highest BCUT2D eigenvalue weighted by Gasteiger charge is 2.24. The first-order valence-corrected chi connectivity index (χ1v) is 5.07. The minimum Gasteiger partial charge on any atom is -0.497 e. The van der Waals surface area contributed by atoms with Crippen LogP contribution in [0.5, 0.6) is 5.75 Å². The first-order valence-electron chi connectivity index (χ1n) is 4.27. The van der Waals surface area contributed by atoms with E-state index in [0.29, 0.717) is 5.75 Å². The molecule has 0 aliphatic carbocycles. The summed E-state index contributed by atoms with van der Waals surface area (Å²) in [6.45, 7) is 1.84. The summed E-state index contributed by atoms with van der Waals surface area (Å²) in [5, 5.41) is 9.98. The van der Waals surface area contributed by atoms with Gasteiger partial charge in [-0.3, -0.25) is 0 Å². The van der Waals surface area contributed by atoms with E-state index in [0.717, 1.165) is 10.0 Å². The van der Waals surface area contributed by atoms with E-state index in [2.05, 4.69) is 15.9 Å². The van der Waals surface area contributed by atoms with Gasteiger partial charge in [-0.25, -0.2) is 0 Å². The minimum absolute atomic E-state index is 0.165. The molecule has 78 valence electrons. The Balaban J connectivity index is 3.18. The molecule has 1 atom stereocenters. The molecule has 1 aromatic carbocycles. The fourth-order valence-electron chi connectivity index (χ4n) is 1.15. The maximum absolute atomic E-state index is 9.98. The first-order chi connectivity index (χ1) is 6.51. The largest absolute Gasteiger partial charge is 0.497 e. The van der Waals surface area contributed by atoms with E-state index in [-0.39, 0.29) is 6.54 Å². The molecule has 0 aromatic heterocycles. The van der Waals surface area contributed by atoms with Crippen molar-refractivity contribution in [3.63, 3.8) is 0 Å². The number of halogens is 1. The van der Waals surface area contributed by atoms with E-state index in [1.165, 1.54) is 0 Å². The number of hydrogen-bond donors (Lipinski definition) is 2. The van der Waals surface area contributed by atoms with Crippen LogP contribution in [0.15, 0.2) is 22.7 Å². The van der Waals surface area contributed by atoms with Gasteiger partial charge in [0.1, 0.15) is 11.4 Å². The second kappa shape index (κ2) is 4.29. The Morgan fingerprint density at radius 1 is 1.57 bits per heavy atom. The Labute approximate surface area is 92.0 Å². The molecule has 0 radical (unpaired) electrons. The summed E-state index contributed by atoms with van der Waals surface area (Å²) < 4.78 is 5.90. The third-order valence-corrected chi connectivity index (χ3v) is 2.84. The lowest BCUT2D eigenvalue weighted by atomic mass is 9.96. The average molecular weight is 260 g/mol. The van der Waals surface area contributed by atoms with Crippen LogP contribution in [0.3, 0.4) is 0 Å². The number of rotatable bonds is 3. The van der Waals surface area contributed by atoms with E-state index in [4.69, 9.17) is 10.5 Å². The van der Waals surface area contributed by atoms with Gasteiger partial charge in [-0.1, -0.05) is 15.9 Å². The zero-order chi connectivity index (χ0) is 10.8. The smallest absolute Gasteiger partial charge is 0.119 e. The molecular formula is C10H14BrNO2. The van der Waals surface area contributed by atoms with Gasteiger partial charge in [-0.2, -0.15) is 0 Å². The highest BCUT2D eigenvalue weighted by atomic mass is 79.9. The Morgan fingerprint density at radius 2 is 2.21 bits per heavy atom. The monoisotopic (exact) mass is 259 g/mol. The van der Waals surface area contributed by atoms with Crippen LogP contribution in [0.2, 0.25) is 0 Å². The lowest BCUT2D eigenvalue weighted by Crippen LogP contribution is -2.31. The van der Waals surface area contributed by atoms with Crippen LogP contribution >= 0.6 is 15.9 Å². The molecule has 4 heteroatoms. The normalized spacial score (nSPS) is 14.9. The summed E-state index contributed by atoms with van der Waals surface area (Å²) >= 11 is 3.37. The zero-order valence-corrected chi connectivity index (χ0v) is 9.84. The van der Waals surface area contributed by atoms with Gasteiger partial charge in [0, 0.05) is 16.6 Å². The molecule has 0 amide bonds. The van der Waals surface area contributed by atoms with Crippen LogP contribution in [0, 0.1) is 0 Å². The zero-order valence-electron chi connectivity index (χ0n) is 8.25. The van der Waals surface area contributed by atoms with Crippen LogP contribution in [0.4, 0.5) is 0 Å². The standard InChI is InChI=1S/C10H14BrNO2/c1-10(13,6-12)8-5-7(14-2)3-4-9(8)11/h3-5,13H,6,12H2,1-2H3. The molecule has 1 unspecified atom stereocenters. The predicted octanol–water partition coefficient (Wildman–Crippen LogP) is 1.62. The van der Waals surface area contributed by atoms with Crippen molar-refractivity contribution in [2.45, 2.75) is 12.5 Å². The highest BCUT2D eigenvalue weighted by molar-refractivity contribution is 9.10. The molecule has 1 rings (SSSR count). The summed E-state index contributed by atoms with van der Waals surface area (Å²) in [7, 11) is 1.59. The topological polar surface area (TPSA) is 55.5 Å². The van der Waals surface area contributed by atoms with Gasteiger partial charge >= 0.3 is 0 Å². The maximum atomic E-state index is 9.98. The summed E-state index contributed by atoms with van der Waals surface area (Å²) in [6, 6.07) is 5.43. The SMILES string of the molecule is COc1ccc(Br)c(C(C)(O)CN)c1. The molecular weight excluding hydrogens is 246 g/mol. The van der Waals surface area contributed by atoms with Crippen molar-refractivity contribution >= 4 is 15.9 Å². The quantitative estimate of drug-likeness (QED) is 0.868. The number of nitrogens with two attached hydrogens (primary N) is 1. The van der Waals surface area contributed by atoms with Crippen molar-refractivity contribution in [1.82, 2.24) is 0 Å². The predicted molar refractivity (Wildman–Crippen MR) is 59.3 cm³/mol. The average Bonchev–Trinajstić information content (AvgIpc) is 2.18.